The van der Waals surface area contributed by atoms with Gasteiger partial charge in [0.15, 0.2) is 0 Å². The van der Waals surface area contributed by atoms with Gasteiger partial charge in [0, 0.05) is 19.8 Å². The Morgan fingerprint density at radius 3 is 2.24 bits per heavy atom. The van der Waals surface area contributed by atoms with Crippen molar-refractivity contribution in [2.75, 3.05) is 26.4 Å². The van der Waals surface area contributed by atoms with Crippen LogP contribution in [0.25, 0.3) is 0 Å². The number of aliphatic hydroxyl groups excluding tert-OH is 1. The Morgan fingerprint density at radius 2 is 1.65 bits per heavy atom. The van der Waals surface area contributed by atoms with Crippen LogP contribution in [0.3, 0.4) is 0 Å². The molecular formula is C14H26O3. The molecule has 3 nitrogen and oxygen atoms in total. The second-order valence-electron chi connectivity index (χ2n) is 4.01. The van der Waals surface area contributed by atoms with Crippen LogP contribution in [-0.2, 0) is 9.47 Å². The lowest BCUT2D eigenvalue weighted by atomic mass is 10.2. The molecule has 3 heteroatoms. The van der Waals surface area contributed by atoms with Crippen molar-refractivity contribution in [3.8, 4) is 11.8 Å². The van der Waals surface area contributed by atoms with E-state index in [2.05, 4.69) is 18.8 Å². The third kappa shape index (κ3) is 13.4. The van der Waals surface area contributed by atoms with Crippen LogP contribution in [0.5, 0.6) is 0 Å². The van der Waals surface area contributed by atoms with E-state index in [1.54, 1.807) is 6.92 Å². The summed E-state index contributed by atoms with van der Waals surface area (Å²) in [6.07, 6.45) is 4.97. The lowest BCUT2D eigenvalue weighted by Crippen LogP contribution is -2.13. The van der Waals surface area contributed by atoms with Crippen LogP contribution in [0.4, 0.5) is 0 Å². The zero-order valence-corrected chi connectivity index (χ0v) is 11.2. The molecule has 17 heavy (non-hydrogen) atoms. The largest absolute Gasteiger partial charge is 0.381 e. The van der Waals surface area contributed by atoms with Crippen LogP contribution in [0.15, 0.2) is 0 Å². The highest BCUT2D eigenvalue weighted by Crippen LogP contribution is 2.01. The smallest absolute Gasteiger partial charge is 0.137 e. The van der Waals surface area contributed by atoms with Gasteiger partial charge in [-0.2, -0.15) is 0 Å². The summed E-state index contributed by atoms with van der Waals surface area (Å²) >= 11 is 0. The van der Waals surface area contributed by atoms with Crippen molar-refractivity contribution >= 4 is 0 Å². The van der Waals surface area contributed by atoms with Gasteiger partial charge < -0.3 is 14.6 Å². The van der Waals surface area contributed by atoms with Gasteiger partial charge in [0.1, 0.15) is 6.10 Å². The van der Waals surface area contributed by atoms with Crippen molar-refractivity contribution in [2.24, 2.45) is 0 Å². The highest BCUT2D eigenvalue weighted by molar-refractivity contribution is 5.01. The van der Waals surface area contributed by atoms with E-state index in [1.165, 1.54) is 6.42 Å². The molecule has 0 rings (SSSR count). The standard InChI is InChI=1S/C14H26O3/c1-3-9-14(15)13-17-12-8-6-5-7-11-16-10-4-2/h14-15H,4-8,10-13H2,1-2H3. The molecule has 0 aromatic heterocycles. The van der Waals surface area contributed by atoms with Gasteiger partial charge in [-0.15, -0.1) is 5.92 Å². The molecule has 1 unspecified atom stereocenters. The van der Waals surface area contributed by atoms with E-state index in [1.807, 2.05) is 0 Å². The second kappa shape index (κ2) is 13.5. The SMILES string of the molecule is CC#CC(O)COCCCCCCOCCC. The molecule has 0 saturated heterocycles. The Balaban J connectivity index is 3.05. The van der Waals surface area contributed by atoms with Crippen molar-refractivity contribution in [1.82, 2.24) is 0 Å². The van der Waals surface area contributed by atoms with Crippen LogP contribution in [-0.4, -0.2) is 37.6 Å². The molecule has 0 radical (unpaired) electrons. The van der Waals surface area contributed by atoms with Gasteiger partial charge in [-0.3, -0.25) is 0 Å². The van der Waals surface area contributed by atoms with Crippen LogP contribution in [0, 0.1) is 11.8 Å². The third-order valence-corrected chi connectivity index (χ3v) is 2.26. The quantitative estimate of drug-likeness (QED) is 0.446. The molecule has 1 N–H and O–H groups in total. The molecule has 0 fully saturated rings. The molecule has 0 heterocycles. The fraction of sp³-hybridized carbons (Fsp3) is 0.857. The van der Waals surface area contributed by atoms with Gasteiger partial charge in [0.25, 0.3) is 0 Å². The molecule has 0 aliphatic heterocycles. The molecule has 0 saturated carbocycles. The first-order valence-corrected chi connectivity index (χ1v) is 6.57. The Morgan fingerprint density at radius 1 is 1.00 bits per heavy atom. The van der Waals surface area contributed by atoms with Crippen molar-refractivity contribution in [3.63, 3.8) is 0 Å². The zero-order chi connectivity index (χ0) is 12.8. The maximum Gasteiger partial charge on any atom is 0.137 e. The molecule has 0 aromatic rings. The number of hydrogen-bond acceptors (Lipinski definition) is 3. The molecule has 0 aliphatic rings. The summed E-state index contributed by atoms with van der Waals surface area (Å²) in [6, 6.07) is 0. The summed E-state index contributed by atoms with van der Waals surface area (Å²) in [5.74, 6) is 5.30. The van der Waals surface area contributed by atoms with Gasteiger partial charge in [0.2, 0.25) is 0 Å². The minimum absolute atomic E-state index is 0.320. The predicted octanol–water partition coefficient (Wildman–Crippen LogP) is 2.37. The fourth-order valence-electron chi connectivity index (χ4n) is 1.41. The molecule has 0 aliphatic carbocycles. The highest BCUT2D eigenvalue weighted by atomic mass is 16.5. The maximum atomic E-state index is 9.26. The monoisotopic (exact) mass is 242 g/mol. The van der Waals surface area contributed by atoms with Gasteiger partial charge >= 0.3 is 0 Å². The van der Waals surface area contributed by atoms with Gasteiger partial charge in [-0.1, -0.05) is 25.7 Å². The Labute approximate surface area is 106 Å². The summed E-state index contributed by atoms with van der Waals surface area (Å²) in [5, 5.41) is 9.26. The first-order valence-electron chi connectivity index (χ1n) is 6.57. The molecule has 0 aromatic carbocycles. The summed E-state index contributed by atoms with van der Waals surface area (Å²) < 4.78 is 10.7. The minimum Gasteiger partial charge on any atom is -0.381 e. The van der Waals surface area contributed by atoms with Crippen LogP contribution >= 0.6 is 0 Å². The van der Waals surface area contributed by atoms with E-state index in [0.717, 1.165) is 38.9 Å². The van der Waals surface area contributed by atoms with Crippen molar-refractivity contribution in [1.29, 1.82) is 0 Å². The van der Waals surface area contributed by atoms with Crippen LogP contribution in [0.1, 0.15) is 46.0 Å². The lowest BCUT2D eigenvalue weighted by molar-refractivity contribution is 0.0613. The van der Waals surface area contributed by atoms with Gasteiger partial charge in [-0.05, 0) is 26.2 Å². The van der Waals surface area contributed by atoms with Crippen LogP contribution in [0.2, 0.25) is 0 Å². The van der Waals surface area contributed by atoms with E-state index >= 15 is 0 Å². The van der Waals surface area contributed by atoms with E-state index < -0.39 is 6.10 Å². The highest BCUT2D eigenvalue weighted by Gasteiger charge is 1.98. The molecular weight excluding hydrogens is 216 g/mol. The Bertz CT molecular complexity index is 205. The number of hydrogen-bond donors (Lipinski definition) is 1. The first kappa shape index (κ1) is 16.4. The predicted molar refractivity (Wildman–Crippen MR) is 69.9 cm³/mol. The first-order chi connectivity index (χ1) is 8.31. The van der Waals surface area contributed by atoms with Gasteiger partial charge in [0.05, 0.1) is 6.61 Å². The Hall–Kier alpha value is -0.560. The molecule has 1 atom stereocenters. The fourth-order valence-corrected chi connectivity index (χ4v) is 1.41. The Kier molecular flexibility index (Phi) is 13.1. The number of rotatable bonds is 11. The molecule has 0 amide bonds. The molecule has 100 valence electrons. The second-order valence-corrected chi connectivity index (χ2v) is 4.01. The van der Waals surface area contributed by atoms with E-state index in [9.17, 15) is 5.11 Å². The van der Waals surface area contributed by atoms with Gasteiger partial charge in [-0.25, -0.2) is 0 Å². The summed E-state index contributed by atoms with van der Waals surface area (Å²) in [6.45, 7) is 6.61. The summed E-state index contributed by atoms with van der Waals surface area (Å²) in [4.78, 5) is 0. The summed E-state index contributed by atoms with van der Waals surface area (Å²) in [7, 11) is 0. The average molecular weight is 242 g/mol. The average Bonchev–Trinajstić information content (AvgIpc) is 2.32. The lowest BCUT2D eigenvalue weighted by Gasteiger charge is -2.06. The normalized spacial score (nSPS) is 11.9. The van der Waals surface area contributed by atoms with Crippen molar-refractivity contribution < 1.29 is 14.6 Å². The minimum atomic E-state index is -0.637. The van der Waals surface area contributed by atoms with E-state index in [4.69, 9.17) is 9.47 Å². The topological polar surface area (TPSA) is 38.7 Å². The number of unbranched alkanes of at least 4 members (excludes halogenated alkanes) is 3. The number of aliphatic hydroxyl groups is 1. The summed E-state index contributed by atoms with van der Waals surface area (Å²) in [5.41, 5.74) is 0. The van der Waals surface area contributed by atoms with Crippen LogP contribution < -0.4 is 0 Å². The van der Waals surface area contributed by atoms with Crippen molar-refractivity contribution in [2.45, 2.75) is 52.1 Å². The number of ether oxygens (including phenoxy) is 2. The molecule has 0 bridgehead atoms. The van der Waals surface area contributed by atoms with E-state index in [-0.39, 0.29) is 0 Å². The van der Waals surface area contributed by atoms with E-state index in [0.29, 0.717) is 13.2 Å². The molecule has 0 spiro atoms. The third-order valence-electron chi connectivity index (χ3n) is 2.26. The van der Waals surface area contributed by atoms with Crippen molar-refractivity contribution in [3.05, 3.63) is 0 Å². The zero-order valence-electron chi connectivity index (χ0n) is 11.2. The maximum absolute atomic E-state index is 9.26.